The van der Waals surface area contributed by atoms with Crippen LogP contribution in [0.25, 0.3) is 5.57 Å². The van der Waals surface area contributed by atoms with Crippen molar-refractivity contribution >= 4 is 17.8 Å². The Labute approximate surface area is 193 Å². The number of aryl methyl sites for hydroxylation is 2. The van der Waals surface area contributed by atoms with Crippen LogP contribution in [0.1, 0.15) is 33.5 Å². The molecule has 0 amide bonds. The molecule has 0 saturated heterocycles. The van der Waals surface area contributed by atoms with Gasteiger partial charge in [0, 0.05) is 6.20 Å². The van der Waals surface area contributed by atoms with Crippen molar-refractivity contribution < 1.29 is 24.2 Å². The van der Waals surface area contributed by atoms with Crippen LogP contribution in [0.3, 0.4) is 0 Å². The first-order valence-corrected chi connectivity index (χ1v) is 10.3. The first-order chi connectivity index (χ1) is 16.0. The third-order valence-electron chi connectivity index (χ3n) is 4.93. The lowest BCUT2D eigenvalue weighted by Crippen LogP contribution is -2.06. The number of hydrogen-bond acceptors (Lipinski definition) is 6. The standard InChI is InChI=1S/C26H26N2O5/c1-18-13-25(19(2)12-21(18)14-28-33-16-22-9-6-7-11-27-22)32-15-20-8-4-5-10-23(20)24(17-31-3)26(29)30/h4-14,17H,15-16H2,1-3H3,(H,29,30). The minimum absolute atomic E-state index is 0.0712. The Morgan fingerprint density at radius 1 is 1.06 bits per heavy atom. The Morgan fingerprint density at radius 2 is 1.85 bits per heavy atom. The maximum atomic E-state index is 11.6. The fourth-order valence-electron chi connectivity index (χ4n) is 3.20. The number of hydrogen-bond donors (Lipinski definition) is 1. The minimum atomic E-state index is -1.06. The molecule has 0 spiro atoms. The number of carbonyl (C=O) groups is 1. The molecule has 0 radical (unpaired) electrons. The van der Waals surface area contributed by atoms with Crippen molar-refractivity contribution in [3.63, 3.8) is 0 Å². The Balaban J connectivity index is 1.70. The highest BCUT2D eigenvalue weighted by atomic mass is 16.6. The Hall–Kier alpha value is -4.13. The van der Waals surface area contributed by atoms with Crippen LogP contribution < -0.4 is 4.74 Å². The lowest BCUT2D eigenvalue weighted by atomic mass is 10.0. The molecule has 3 aromatic rings. The van der Waals surface area contributed by atoms with Crippen LogP contribution in [-0.4, -0.2) is 29.4 Å². The predicted molar refractivity (Wildman–Crippen MR) is 126 cm³/mol. The third-order valence-corrected chi connectivity index (χ3v) is 4.93. The molecular formula is C26H26N2O5. The minimum Gasteiger partial charge on any atom is -0.503 e. The van der Waals surface area contributed by atoms with E-state index in [-0.39, 0.29) is 12.2 Å². The molecule has 170 valence electrons. The Kier molecular flexibility index (Phi) is 8.18. The molecule has 7 nitrogen and oxygen atoms in total. The van der Waals surface area contributed by atoms with Gasteiger partial charge in [-0.2, -0.15) is 0 Å². The molecule has 0 aliphatic carbocycles. The van der Waals surface area contributed by atoms with Crippen LogP contribution in [0.2, 0.25) is 0 Å². The van der Waals surface area contributed by atoms with E-state index in [2.05, 4.69) is 10.1 Å². The van der Waals surface area contributed by atoms with Crippen molar-refractivity contribution in [1.82, 2.24) is 4.98 Å². The van der Waals surface area contributed by atoms with E-state index in [1.54, 1.807) is 24.5 Å². The van der Waals surface area contributed by atoms with Crippen molar-refractivity contribution in [2.24, 2.45) is 5.16 Å². The number of carboxylic acids is 1. The number of methoxy groups -OCH3 is 1. The van der Waals surface area contributed by atoms with Crippen LogP contribution in [0.5, 0.6) is 5.75 Å². The van der Waals surface area contributed by atoms with Crippen LogP contribution in [-0.2, 0) is 27.6 Å². The maximum Gasteiger partial charge on any atom is 0.339 e. The predicted octanol–water partition coefficient (Wildman–Crippen LogP) is 4.90. The average molecular weight is 447 g/mol. The first-order valence-electron chi connectivity index (χ1n) is 10.3. The van der Waals surface area contributed by atoms with Crippen molar-refractivity contribution in [1.29, 1.82) is 0 Å². The highest BCUT2D eigenvalue weighted by molar-refractivity contribution is 6.15. The van der Waals surface area contributed by atoms with E-state index in [1.807, 2.05) is 56.3 Å². The second kappa shape index (κ2) is 11.5. The van der Waals surface area contributed by atoms with Crippen LogP contribution >= 0.6 is 0 Å². The smallest absolute Gasteiger partial charge is 0.339 e. The number of oxime groups is 1. The molecule has 3 rings (SSSR count). The van der Waals surface area contributed by atoms with Crippen LogP contribution in [0, 0.1) is 13.8 Å². The SMILES string of the molecule is COC=C(C(=O)O)c1ccccc1COc1cc(C)c(C=NOCc2ccccn2)cc1C. The van der Waals surface area contributed by atoms with Gasteiger partial charge in [0.1, 0.15) is 17.9 Å². The summed E-state index contributed by atoms with van der Waals surface area (Å²) in [5.74, 6) is -0.355. The topological polar surface area (TPSA) is 90.2 Å². The van der Waals surface area contributed by atoms with E-state index < -0.39 is 5.97 Å². The van der Waals surface area contributed by atoms with Crippen LogP contribution in [0.15, 0.2) is 72.2 Å². The highest BCUT2D eigenvalue weighted by Crippen LogP contribution is 2.26. The molecule has 0 aliphatic rings. The second-order valence-electron chi connectivity index (χ2n) is 7.32. The number of pyridine rings is 1. The summed E-state index contributed by atoms with van der Waals surface area (Å²) in [5.41, 5.74) is 4.98. The van der Waals surface area contributed by atoms with Gasteiger partial charge in [0.05, 0.1) is 25.3 Å². The second-order valence-corrected chi connectivity index (χ2v) is 7.32. The normalized spacial score (nSPS) is 11.4. The van der Waals surface area contributed by atoms with Gasteiger partial charge in [0.25, 0.3) is 0 Å². The monoisotopic (exact) mass is 446 g/mol. The summed E-state index contributed by atoms with van der Waals surface area (Å²) in [5, 5.41) is 13.6. The van der Waals surface area contributed by atoms with Gasteiger partial charge in [-0.05, 0) is 65.9 Å². The number of aliphatic carboxylic acids is 1. The zero-order valence-corrected chi connectivity index (χ0v) is 18.8. The van der Waals surface area contributed by atoms with Gasteiger partial charge in [0.15, 0.2) is 6.61 Å². The first kappa shape index (κ1) is 23.5. The third kappa shape index (κ3) is 6.43. The molecule has 0 saturated carbocycles. The van der Waals surface area contributed by atoms with Gasteiger partial charge in [-0.1, -0.05) is 35.5 Å². The molecular weight excluding hydrogens is 420 g/mol. The van der Waals surface area contributed by atoms with E-state index in [4.69, 9.17) is 14.3 Å². The van der Waals surface area contributed by atoms with E-state index in [9.17, 15) is 9.90 Å². The number of carboxylic acid groups (broad SMARTS) is 1. The molecule has 1 heterocycles. The van der Waals surface area contributed by atoms with E-state index in [0.29, 0.717) is 17.9 Å². The lowest BCUT2D eigenvalue weighted by Gasteiger charge is -2.14. The molecule has 0 bridgehead atoms. The summed E-state index contributed by atoms with van der Waals surface area (Å²) in [7, 11) is 1.42. The van der Waals surface area contributed by atoms with Gasteiger partial charge in [-0.25, -0.2) is 4.79 Å². The fourth-order valence-corrected chi connectivity index (χ4v) is 3.20. The van der Waals surface area contributed by atoms with Gasteiger partial charge >= 0.3 is 5.97 Å². The molecule has 0 atom stereocenters. The molecule has 7 heteroatoms. The lowest BCUT2D eigenvalue weighted by molar-refractivity contribution is -0.130. The van der Waals surface area contributed by atoms with Crippen LogP contribution in [0.4, 0.5) is 0 Å². The number of aromatic nitrogens is 1. The summed E-state index contributed by atoms with van der Waals surface area (Å²) in [6.45, 7) is 4.42. The Bertz CT molecular complexity index is 1160. The van der Waals surface area contributed by atoms with Crippen molar-refractivity contribution in [3.05, 3.63) is 101 Å². The van der Waals surface area contributed by atoms with Crippen molar-refractivity contribution in [3.8, 4) is 5.75 Å². The van der Waals surface area contributed by atoms with E-state index >= 15 is 0 Å². The van der Waals surface area contributed by atoms with E-state index in [0.717, 1.165) is 27.9 Å². The molecule has 2 aromatic carbocycles. The fraction of sp³-hybridized carbons (Fsp3) is 0.192. The average Bonchev–Trinajstić information content (AvgIpc) is 2.82. The van der Waals surface area contributed by atoms with E-state index in [1.165, 1.54) is 13.4 Å². The quantitative estimate of drug-likeness (QED) is 0.206. The molecule has 0 aliphatic heterocycles. The number of benzene rings is 2. The maximum absolute atomic E-state index is 11.6. The largest absolute Gasteiger partial charge is 0.503 e. The molecule has 0 fully saturated rings. The zero-order valence-electron chi connectivity index (χ0n) is 18.8. The zero-order chi connectivity index (χ0) is 23.6. The molecule has 1 aromatic heterocycles. The van der Waals surface area contributed by atoms with Gasteiger partial charge in [0.2, 0.25) is 0 Å². The number of rotatable bonds is 10. The molecule has 1 N–H and O–H groups in total. The highest BCUT2D eigenvalue weighted by Gasteiger charge is 2.15. The summed E-state index contributed by atoms with van der Waals surface area (Å²) in [6.07, 6.45) is 4.60. The number of nitrogens with zero attached hydrogens (tertiary/aromatic N) is 2. The summed E-state index contributed by atoms with van der Waals surface area (Å²) in [4.78, 5) is 21.2. The summed E-state index contributed by atoms with van der Waals surface area (Å²) >= 11 is 0. The van der Waals surface area contributed by atoms with Gasteiger partial charge < -0.3 is 19.4 Å². The molecule has 0 unspecified atom stereocenters. The van der Waals surface area contributed by atoms with Gasteiger partial charge in [-0.15, -0.1) is 0 Å². The number of ether oxygens (including phenoxy) is 2. The van der Waals surface area contributed by atoms with Crippen molar-refractivity contribution in [2.75, 3.05) is 7.11 Å². The van der Waals surface area contributed by atoms with Gasteiger partial charge in [-0.3, -0.25) is 4.98 Å². The summed E-state index contributed by atoms with van der Waals surface area (Å²) < 4.78 is 11.0. The Morgan fingerprint density at radius 3 is 2.58 bits per heavy atom. The molecule has 33 heavy (non-hydrogen) atoms. The van der Waals surface area contributed by atoms with Crippen molar-refractivity contribution in [2.45, 2.75) is 27.1 Å². The summed E-state index contributed by atoms with van der Waals surface area (Å²) in [6, 6.07) is 16.7.